The second-order valence-electron chi connectivity index (χ2n) is 5.16. The first-order valence-electron chi connectivity index (χ1n) is 7.23. The molecule has 2 aromatic rings. The molecule has 0 saturated carbocycles. The van der Waals surface area contributed by atoms with Crippen molar-refractivity contribution in [2.75, 3.05) is 0 Å². The van der Waals surface area contributed by atoms with Gasteiger partial charge in [-0.15, -0.1) is 0 Å². The second-order valence-corrected chi connectivity index (χ2v) is 5.16. The minimum atomic E-state index is -0.129. The molecule has 0 saturated heterocycles. The molecule has 110 valence electrons. The molecule has 1 aromatic heterocycles. The summed E-state index contributed by atoms with van der Waals surface area (Å²) in [5.74, 6) is 0.226. The first-order valence-corrected chi connectivity index (χ1v) is 7.23. The predicted octanol–water partition coefficient (Wildman–Crippen LogP) is 4.28. The molecule has 3 heteroatoms. The van der Waals surface area contributed by atoms with Gasteiger partial charge in [-0.1, -0.05) is 48.6 Å². The molecule has 3 rings (SSSR count). The van der Waals surface area contributed by atoms with Crippen molar-refractivity contribution in [1.82, 2.24) is 4.90 Å². The number of allylic oxidation sites excluding steroid dienone is 3. The Morgan fingerprint density at radius 3 is 2.64 bits per heavy atom. The number of benzene rings is 1. The van der Waals surface area contributed by atoms with Gasteiger partial charge in [0.25, 0.3) is 5.91 Å². The molecule has 1 atom stereocenters. The van der Waals surface area contributed by atoms with Gasteiger partial charge in [-0.05, 0) is 36.3 Å². The van der Waals surface area contributed by atoms with Gasteiger partial charge >= 0.3 is 0 Å². The van der Waals surface area contributed by atoms with E-state index in [1.807, 2.05) is 31.2 Å². The smallest absolute Gasteiger partial charge is 0.294 e. The van der Waals surface area contributed by atoms with Crippen molar-refractivity contribution in [3.63, 3.8) is 0 Å². The van der Waals surface area contributed by atoms with Crippen molar-refractivity contribution in [3.05, 3.63) is 90.1 Å². The van der Waals surface area contributed by atoms with Crippen LogP contribution in [0, 0.1) is 0 Å². The van der Waals surface area contributed by atoms with Gasteiger partial charge in [0.1, 0.15) is 0 Å². The van der Waals surface area contributed by atoms with E-state index in [1.54, 1.807) is 23.2 Å². The quantitative estimate of drug-likeness (QED) is 0.845. The third-order valence-electron chi connectivity index (χ3n) is 3.53. The molecule has 0 radical (unpaired) electrons. The minimum absolute atomic E-state index is 0.0157. The van der Waals surface area contributed by atoms with Crippen molar-refractivity contribution >= 4 is 12.0 Å². The standard InChI is InChI=1S/C19H17NO2/c1-15-14-17(10-9-16-6-3-2-4-7-16)11-12-20(15)19(21)18-8-5-13-22-18/h2-15H,1H3/b10-9+/t15-/m0/s1. The summed E-state index contributed by atoms with van der Waals surface area (Å²) in [4.78, 5) is 14.0. The third-order valence-corrected chi connectivity index (χ3v) is 3.53. The van der Waals surface area contributed by atoms with E-state index < -0.39 is 0 Å². The molecule has 2 heterocycles. The van der Waals surface area contributed by atoms with Gasteiger partial charge in [-0.25, -0.2) is 0 Å². The Labute approximate surface area is 129 Å². The lowest BCUT2D eigenvalue weighted by molar-refractivity contribution is 0.0767. The maximum absolute atomic E-state index is 12.3. The van der Waals surface area contributed by atoms with Gasteiger partial charge in [0.05, 0.1) is 12.3 Å². The highest BCUT2D eigenvalue weighted by Crippen LogP contribution is 2.18. The Balaban J connectivity index is 1.71. The van der Waals surface area contributed by atoms with Crippen LogP contribution in [0.1, 0.15) is 23.0 Å². The van der Waals surface area contributed by atoms with Crippen LogP contribution in [0.4, 0.5) is 0 Å². The highest BCUT2D eigenvalue weighted by Gasteiger charge is 2.22. The van der Waals surface area contributed by atoms with E-state index in [9.17, 15) is 4.79 Å². The number of hydrogen-bond donors (Lipinski definition) is 0. The van der Waals surface area contributed by atoms with Crippen LogP contribution in [-0.2, 0) is 0 Å². The van der Waals surface area contributed by atoms with Crippen LogP contribution in [0.2, 0.25) is 0 Å². The van der Waals surface area contributed by atoms with Crippen molar-refractivity contribution in [2.45, 2.75) is 13.0 Å². The Bertz CT molecular complexity index is 724. The molecule has 0 spiro atoms. The largest absolute Gasteiger partial charge is 0.459 e. The fraction of sp³-hybridized carbons (Fsp3) is 0.105. The SMILES string of the molecule is C[C@H]1C=C(/C=C/c2ccccc2)C=CN1C(=O)c1ccco1. The maximum atomic E-state index is 12.3. The number of furan rings is 1. The van der Waals surface area contributed by atoms with E-state index in [4.69, 9.17) is 4.42 Å². The molecular formula is C19H17NO2. The lowest BCUT2D eigenvalue weighted by atomic mass is 10.1. The predicted molar refractivity (Wildman–Crippen MR) is 87.0 cm³/mol. The molecule has 3 nitrogen and oxygen atoms in total. The van der Waals surface area contributed by atoms with Gasteiger partial charge in [0, 0.05) is 6.20 Å². The summed E-state index contributed by atoms with van der Waals surface area (Å²) in [5.41, 5.74) is 2.23. The van der Waals surface area contributed by atoms with E-state index in [2.05, 4.69) is 30.4 Å². The fourth-order valence-electron chi connectivity index (χ4n) is 2.36. The monoisotopic (exact) mass is 291 g/mol. The Morgan fingerprint density at radius 1 is 1.14 bits per heavy atom. The summed E-state index contributed by atoms with van der Waals surface area (Å²) in [6, 6.07) is 13.5. The zero-order valence-corrected chi connectivity index (χ0v) is 12.3. The van der Waals surface area contributed by atoms with Crippen LogP contribution in [0.5, 0.6) is 0 Å². The molecule has 1 aliphatic rings. The fourth-order valence-corrected chi connectivity index (χ4v) is 2.36. The van der Waals surface area contributed by atoms with E-state index in [0.29, 0.717) is 5.76 Å². The van der Waals surface area contributed by atoms with Crippen molar-refractivity contribution < 1.29 is 9.21 Å². The highest BCUT2D eigenvalue weighted by atomic mass is 16.3. The average Bonchev–Trinajstić information content (AvgIpc) is 3.08. The minimum Gasteiger partial charge on any atom is -0.459 e. The topological polar surface area (TPSA) is 33.5 Å². The number of hydrogen-bond acceptors (Lipinski definition) is 2. The first kappa shape index (κ1) is 14.1. The summed E-state index contributed by atoms with van der Waals surface area (Å²) in [6.07, 6.45) is 11.4. The summed E-state index contributed by atoms with van der Waals surface area (Å²) in [7, 11) is 0. The van der Waals surface area contributed by atoms with E-state index in [1.165, 1.54) is 6.26 Å². The molecule has 0 fully saturated rings. The third kappa shape index (κ3) is 3.09. The average molecular weight is 291 g/mol. The molecule has 1 aromatic carbocycles. The Kier molecular flexibility index (Phi) is 4.05. The van der Waals surface area contributed by atoms with Gasteiger partial charge in [0.15, 0.2) is 5.76 Å². The van der Waals surface area contributed by atoms with Gasteiger partial charge in [-0.3, -0.25) is 4.79 Å². The molecule has 1 amide bonds. The zero-order valence-electron chi connectivity index (χ0n) is 12.3. The molecule has 22 heavy (non-hydrogen) atoms. The zero-order chi connectivity index (χ0) is 15.4. The van der Waals surface area contributed by atoms with Crippen LogP contribution >= 0.6 is 0 Å². The summed E-state index contributed by atoms with van der Waals surface area (Å²) < 4.78 is 5.17. The molecule has 0 N–H and O–H groups in total. The van der Waals surface area contributed by atoms with Crippen LogP contribution in [0.15, 0.2) is 83.1 Å². The number of carbonyl (C=O) groups excluding carboxylic acids is 1. The molecule has 0 aliphatic carbocycles. The Morgan fingerprint density at radius 2 is 1.95 bits per heavy atom. The molecular weight excluding hydrogens is 274 g/mol. The number of amides is 1. The van der Waals surface area contributed by atoms with Crippen molar-refractivity contribution in [2.24, 2.45) is 0 Å². The van der Waals surface area contributed by atoms with E-state index in [0.717, 1.165) is 11.1 Å². The molecule has 0 unspecified atom stereocenters. The maximum Gasteiger partial charge on any atom is 0.294 e. The molecule has 1 aliphatic heterocycles. The summed E-state index contributed by atoms with van der Waals surface area (Å²) >= 11 is 0. The van der Waals surface area contributed by atoms with Crippen molar-refractivity contribution in [3.8, 4) is 0 Å². The second kappa shape index (κ2) is 6.31. The summed E-state index contributed by atoms with van der Waals surface area (Å²) in [5, 5.41) is 0. The van der Waals surface area contributed by atoms with Gasteiger partial charge in [0.2, 0.25) is 0 Å². The lowest BCUT2D eigenvalue weighted by Gasteiger charge is -2.26. The van der Waals surface area contributed by atoms with E-state index >= 15 is 0 Å². The normalized spacial score (nSPS) is 17.8. The van der Waals surface area contributed by atoms with Gasteiger partial charge in [-0.2, -0.15) is 0 Å². The number of carbonyl (C=O) groups is 1. The van der Waals surface area contributed by atoms with Crippen LogP contribution in [0.3, 0.4) is 0 Å². The van der Waals surface area contributed by atoms with Crippen LogP contribution < -0.4 is 0 Å². The van der Waals surface area contributed by atoms with Crippen LogP contribution in [0.25, 0.3) is 6.08 Å². The van der Waals surface area contributed by atoms with Gasteiger partial charge < -0.3 is 9.32 Å². The number of rotatable bonds is 3. The first-order chi connectivity index (χ1) is 10.7. The molecule has 0 bridgehead atoms. The highest BCUT2D eigenvalue weighted by molar-refractivity contribution is 5.92. The van der Waals surface area contributed by atoms with Crippen molar-refractivity contribution in [1.29, 1.82) is 0 Å². The summed E-state index contributed by atoms with van der Waals surface area (Å²) in [6.45, 7) is 1.99. The lowest BCUT2D eigenvalue weighted by Crippen LogP contribution is -2.34. The van der Waals surface area contributed by atoms with Crippen LogP contribution in [-0.4, -0.2) is 16.8 Å². The Hall–Kier alpha value is -2.81. The van der Waals surface area contributed by atoms with E-state index in [-0.39, 0.29) is 11.9 Å². The number of nitrogens with zero attached hydrogens (tertiary/aromatic N) is 1.